The van der Waals surface area contributed by atoms with Crippen LogP contribution in [-0.4, -0.2) is 4.57 Å². The van der Waals surface area contributed by atoms with Crippen LogP contribution in [0, 0.1) is 0 Å². The summed E-state index contributed by atoms with van der Waals surface area (Å²) in [6, 6.07) is 83.9. The van der Waals surface area contributed by atoms with E-state index >= 15 is 0 Å². The molecule has 0 unspecified atom stereocenters. The van der Waals surface area contributed by atoms with Gasteiger partial charge in [0.1, 0.15) is 5.58 Å². The van der Waals surface area contributed by atoms with Crippen molar-refractivity contribution in [2.45, 2.75) is 0 Å². The fourth-order valence-electron chi connectivity index (χ4n) is 10.5. The summed E-state index contributed by atoms with van der Waals surface area (Å²) < 4.78 is 9.02. The highest BCUT2D eigenvalue weighted by molar-refractivity contribution is 6.15. The van der Waals surface area contributed by atoms with Crippen molar-refractivity contribution in [3.63, 3.8) is 0 Å². The van der Waals surface area contributed by atoms with Crippen molar-refractivity contribution in [2.75, 3.05) is 4.90 Å². The van der Waals surface area contributed by atoms with Crippen molar-refractivity contribution >= 4 is 82.4 Å². The first-order valence-corrected chi connectivity index (χ1v) is 22.3. The van der Waals surface area contributed by atoms with E-state index in [1.807, 2.05) is 12.1 Å². The molecular formula is C62H38N2O. The number of hydrogen-bond acceptors (Lipinski definition) is 2. The monoisotopic (exact) mass is 826 g/mol. The SMILES string of the molecule is c1ccc(-c2ccc3c(c2)c2cc(-c4ccccc4)ccc2n3-c2ccc3cc4c(cc3c2)-c2cc3ccc(N(c5ccccc5)c5cccc6c5oc5ccccc56)cc3cc2-4)cc1. The van der Waals surface area contributed by atoms with Gasteiger partial charge in [-0.3, -0.25) is 0 Å². The third-order valence-corrected chi connectivity index (χ3v) is 13.6. The number of hydrogen-bond donors (Lipinski definition) is 0. The highest BCUT2D eigenvalue weighted by Crippen LogP contribution is 2.51. The van der Waals surface area contributed by atoms with Gasteiger partial charge in [-0.05, 0) is 163 Å². The Balaban J connectivity index is 0.870. The maximum absolute atomic E-state index is 6.58. The van der Waals surface area contributed by atoms with Crippen LogP contribution in [0.15, 0.2) is 235 Å². The zero-order valence-electron chi connectivity index (χ0n) is 35.2. The number of aromatic nitrogens is 1. The molecule has 0 saturated carbocycles. The average molecular weight is 827 g/mol. The van der Waals surface area contributed by atoms with E-state index in [1.165, 1.54) is 87.9 Å². The lowest BCUT2D eigenvalue weighted by Gasteiger charge is -2.28. The normalized spacial score (nSPS) is 12.0. The second-order valence-corrected chi connectivity index (χ2v) is 17.3. The Morgan fingerprint density at radius 3 is 1.51 bits per heavy atom. The summed E-state index contributed by atoms with van der Waals surface area (Å²) in [6.07, 6.45) is 0. The molecule has 13 aromatic rings. The minimum absolute atomic E-state index is 0.881. The van der Waals surface area contributed by atoms with Crippen LogP contribution < -0.4 is 4.90 Å². The van der Waals surface area contributed by atoms with Crippen LogP contribution >= 0.6 is 0 Å². The van der Waals surface area contributed by atoms with E-state index in [-0.39, 0.29) is 0 Å². The zero-order valence-corrected chi connectivity index (χ0v) is 35.2. The summed E-state index contributed by atoms with van der Waals surface area (Å²) in [6.45, 7) is 0. The largest absolute Gasteiger partial charge is 0.454 e. The molecule has 2 heterocycles. The van der Waals surface area contributed by atoms with Gasteiger partial charge in [-0.25, -0.2) is 0 Å². The first kappa shape index (κ1) is 35.9. The fraction of sp³-hybridized carbons (Fsp3) is 0. The van der Waals surface area contributed by atoms with E-state index in [4.69, 9.17) is 4.42 Å². The van der Waals surface area contributed by atoms with Gasteiger partial charge in [0.2, 0.25) is 0 Å². The molecule has 3 nitrogen and oxygen atoms in total. The van der Waals surface area contributed by atoms with Crippen LogP contribution in [0.3, 0.4) is 0 Å². The minimum atomic E-state index is 0.881. The summed E-state index contributed by atoms with van der Waals surface area (Å²) >= 11 is 0. The van der Waals surface area contributed by atoms with Crippen molar-refractivity contribution in [3.05, 3.63) is 231 Å². The average Bonchev–Trinajstić information content (AvgIpc) is 3.92. The molecule has 302 valence electrons. The minimum Gasteiger partial charge on any atom is -0.454 e. The molecule has 2 aromatic heterocycles. The molecule has 14 rings (SSSR count). The molecule has 0 amide bonds. The van der Waals surface area contributed by atoms with Gasteiger partial charge in [-0.2, -0.15) is 0 Å². The van der Waals surface area contributed by atoms with E-state index in [1.54, 1.807) is 0 Å². The third-order valence-electron chi connectivity index (χ3n) is 13.6. The molecule has 65 heavy (non-hydrogen) atoms. The van der Waals surface area contributed by atoms with Gasteiger partial charge in [0.15, 0.2) is 5.58 Å². The first-order valence-electron chi connectivity index (χ1n) is 22.3. The van der Waals surface area contributed by atoms with E-state index in [0.717, 1.165) is 44.7 Å². The van der Waals surface area contributed by atoms with E-state index in [9.17, 15) is 0 Å². The van der Waals surface area contributed by atoms with Gasteiger partial charge in [0.05, 0.1) is 16.7 Å². The van der Waals surface area contributed by atoms with Crippen LogP contribution in [0.4, 0.5) is 17.1 Å². The smallest absolute Gasteiger partial charge is 0.159 e. The van der Waals surface area contributed by atoms with Gasteiger partial charge >= 0.3 is 0 Å². The summed E-state index contributed by atoms with van der Waals surface area (Å²) in [7, 11) is 0. The van der Waals surface area contributed by atoms with Crippen molar-refractivity contribution < 1.29 is 4.42 Å². The molecule has 0 aliphatic heterocycles. The maximum Gasteiger partial charge on any atom is 0.159 e. The van der Waals surface area contributed by atoms with Crippen LogP contribution in [-0.2, 0) is 0 Å². The fourth-order valence-corrected chi connectivity index (χ4v) is 10.5. The predicted molar refractivity (Wildman–Crippen MR) is 273 cm³/mol. The summed E-state index contributed by atoms with van der Waals surface area (Å²) in [5.41, 5.74) is 18.6. The molecule has 0 saturated heterocycles. The Morgan fingerprint density at radius 2 is 0.862 bits per heavy atom. The number of furan rings is 1. The van der Waals surface area contributed by atoms with Gasteiger partial charge in [0, 0.05) is 38.6 Å². The Bertz CT molecular complexity index is 3950. The molecule has 0 radical (unpaired) electrons. The van der Waals surface area contributed by atoms with Gasteiger partial charge < -0.3 is 13.9 Å². The lowest BCUT2D eigenvalue weighted by atomic mass is 9.78. The number of benzene rings is 11. The topological polar surface area (TPSA) is 21.3 Å². The number of rotatable bonds is 6. The van der Waals surface area contributed by atoms with Crippen molar-refractivity contribution in [3.8, 4) is 50.2 Å². The van der Waals surface area contributed by atoms with Crippen molar-refractivity contribution in [1.82, 2.24) is 4.57 Å². The Hall–Kier alpha value is -8.66. The number of anilines is 3. The first-order chi connectivity index (χ1) is 32.2. The molecular weight excluding hydrogens is 789 g/mol. The number of fused-ring (bicyclic) bond motifs is 12. The molecule has 0 spiro atoms. The molecule has 0 fully saturated rings. The van der Waals surface area contributed by atoms with Crippen LogP contribution in [0.25, 0.3) is 115 Å². The van der Waals surface area contributed by atoms with Crippen LogP contribution in [0.2, 0.25) is 0 Å². The molecule has 0 N–H and O–H groups in total. The molecule has 1 aliphatic carbocycles. The van der Waals surface area contributed by atoms with Crippen LogP contribution in [0.1, 0.15) is 0 Å². The van der Waals surface area contributed by atoms with E-state index in [0.29, 0.717) is 0 Å². The summed E-state index contributed by atoms with van der Waals surface area (Å²) in [4.78, 5) is 2.32. The second-order valence-electron chi connectivity index (χ2n) is 17.3. The molecule has 3 heteroatoms. The Morgan fingerprint density at radius 1 is 0.323 bits per heavy atom. The predicted octanol–water partition coefficient (Wildman–Crippen LogP) is 17.4. The zero-order chi connectivity index (χ0) is 42.6. The summed E-state index contributed by atoms with van der Waals surface area (Å²) in [5, 5.41) is 9.63. The van der Waals surface area contributed by atoms with Gasteiger partial charge in [0.25, 0.3) is 0 Å². The van der Waals surface area contributed by atoms with Gasteiger partial charge in [-0.1, -0.05) is 133 Å². The maximum atomic E-state index is 6.58. The molecule has 0 atom stereocenters. The second kappa shape index (κ2) is 13.9. The third kappa shape index (κ3) is 5.56. The van der Waals surface area contributed by atoms with Crippen molar-refractivity contribution in [1.29, 1.82) is 0 Å². The number of nitrogens with zero attached hydrogens (tertiary/aromatic N) is 2. The highest BCUT2D eigenvalue weighted by Gasteiger charge is 2.26. The van der Waals surface area contributed by atoms with Crippen molar-refractivity contribution in [2.24, 2.45) is 0 Å². The molecule has 11 aromatic carbocycles. The Kier molecular flexibility index (Phi) is 7.69. The lowest BCUT2D eigenvalue weighted by molar-refractivity contribution is 0.669. The van der Waals surface area contributed by atoms with Gasteiger partial charge in [-0.15, -0.1) is 0 Å². The standard InChI is InChI=1S/C62H38N2O/c1-4-13-39(14-5-1)41-25-29-58-56(35-41)57-36-42(40-15-6-2-7-16-40)26-30-59(57)64(58)49-28-24-44-34-53-54-37-45-31-48(27-23-43(45)33-52(54)55(53)38-46(44)32-49)63(47-17-8-3-9-18-47)60-21-12-20-51-50-19-10-11-22-61(50)65-62(51)60/h1-38H. The number of para-hydroxylation sites is 3. The van der Waals surface area contributed by atoms with E-state index in [2.05, 4.69) is 228 Å². The summed E-state index contributed by atoms with van der Waals surface area (Å²) in [5.74, 6) is 0. The van der Waals surface area contributed by atoms with E-state index < -0.39 is 0 Å². The molecule has 1 aliphatic rings. The quantitative estimate of drug-likeness (QED) is 0.167. The van der Waals surface area contributed by atoms with Crippen LogP contribution in [0.5, 0.6) is 0 Å². The molecule has 0 bridgehead atoms. The highest BCUT2D eigenvalue weighted by atomic mass is 16.3. The Labute approximate surface area is 375 Å². The lowest BCUT2D eigenvalue weighted by Crippen LogP contribution is -2.10.